The van der Waals surface area contributed by atoms with Gasteiger partial charge in [-0.15, -0.1) is 0 Å². The Bertz CT molecular complexity index is 512. The summed E-state index contributed by atoms with van der Waals surface area (Å²) in [5, 5.41) is 11.6. The van der Waals surface area contributed by atoms with Crippen LogP contribution in [0, 0.1) is 0 Å². The summed E-state index contributed by atoms with van der Waals surface area (Å²) in [6, 6.07) is 8.50. The Morgan fingerprint density at radius 2 is 2.11 bits per heavy atom. The molecule has 1 unspecified atom stereocenters. The molecular weight excluding hydrogens is 246 g/mol. The van der Waals surface area contributed by atoms with E-state index in [9.17, 15) is 0 Å². The van der Waals surface area contributed by atoms with E-state index in [0.717, 1.165) is 18.0 Å². The average molecular weight is 262 g/mol. The highest BCUT2D eigenvalue weighted by molar-refractivity contribution is 6.30. The van der Waals surface area contributed by atoms with E-state index < -0.39 is 0 Å². The molecule has 94 valence electrons. The van der Waals surface area contributed by atoms with Gasteiger partial charge in [-0.05, 0) is 37.1 Å². The molecule has 1 aromatic heterocycles. The second-order valence-electron chi connectivity index (χ2n) is 4.77. The number of benzene rings is 1. The predicted molar refractivity (Wildman–Crippen MR) is 73.8 cm³/mol. The molecule has 0 spiro atoms. The van der Waals surface area contributed by atoms with E-state index in [1.54, 1.807) is 0 Å². The van der Waals surface area contributed by atoms with Crippen molar-refractivity contribution in [1.82, 2.24) is 15.5 Å². The van der Waals surface area contributed by atoms with Gasteiger partial charge >= 0.3 is 0 Å². The van der Waals surface area contributed by atoms with Gasteiger partial charge in [0, 0.05) is 28.7 Å². The standard InChI is InChI=1S/C14H16ClN3/c15-11-5-3-10(4-6-11)13-9-17-18-14(13)8-12-2-1-7-16-12/h3-6,9,12,16H,1-2,7-8H2,(H,17,18). The van der Waals surface area contributed by atoms with Gasteiger partial charge in [0.05, 0.1) is 6.20 Å². The van der Waals surface area contributed by atoms with Crippen LogP contribution in [0.5, 0.6) is 0 Å². The van der Waals surface area contributed by atoms with Crippen LogP contribution in [0.4, 0.5) is 0 Å². The summed E-state index contributed by atoms with van der Waals surface area (Å²) in [4.78, 5) is 0. The molecular formula is C14H16ClN3. The van der Waals surface area contributed by atoms with Gasteiger partial charge in [-0.3, -0.25) is 5.10 Å². The van der Waals surface area contributed by atoms with Gasteiger partial charge in [-0.1, -0.05) is 23.7 Å². The quantitative estimate of drug-likeness (QED) is 0.892. The first-order valence-electron chi connectivity index (χ1n) is 6.34. The molecule has 2 aromatic rings. The third kappa shape index (κ3) is 2.42. The summed E-state index contributed by atoms with van der Waals surface area (Å²) >= 11 is 5.92. The third-order valence-electron chi connectivity index (χ3n) is 3.49. The maximum absolute atomic E-state index is 5.92. The zero-order valence-electron chi connectivity index (χ0n) is 10.1. The molecule has 1 aliphatic rings. The lowest BCUT2D eigenvalue weighted by molar-refractivity contribution is 0.595. The smallest absolute Gasteiger partial charge is 0.0568 e. The van der Waals surface area contributed by atoms with Crippen molar-refractivity contribution in [1.29, 1.82) is 0 Å². The third-order valence-corrected chi connectivity index (χ3v) is 3.74. The van der Waals surface area contributed by atoms with Gasteiger partial charge in [-0.25, -0.2) is 0 Å². The Morgan fingerprint density at radius 3 is 2.83 bits per heavy atom. The first kappa shape index (κ1) is 11.8. The van der Waals surface area contributed by atoms with Crippen molar-refractivity contribution in [2.24, 2.45) is 0 Å². The fourth-order valence-electron chi connectivity index (χ4n) is 2.52. The normalized spacial score (nSPS) is 19.3. The number of aromatic nitrogens is 2. The second kappa shape index (κ2) is 5.12. The first-order valence-corrected chi connectivity index (χ1v) is 6.72. The van der Waals surface area contributed by atoms with Crippen LogP contribution < -0.4 is 5.32 Å². The van der Waals surface area contributed by atoms with E-state index in [4.69, 9.17) is 11.6 Å². The Kier molecular flexibility index (Phi) is 3.35. The maximum Gasteiger partial charge on any atom is 0.0568 e. The number of nitrogens with zero attached hydrogens (tertiary/aromatic N) is 1. The molecule has 4 heteroatoms. The molecule has 1 aliphatic heterocycles. The summed E-state index contributed by atoms with van der Waals surface area (Å²) in [5.41, 5.74) is 3.55. The monoisotopic (exact) mass is 261 g/mol. The molecule has 2 heterocycles. The number of rotatable bonds is 3. The molecule has 2 N–H and O–H groups in total. The number of hydrogen-bond acceptors (Lipinski definition) is 2. The van der Waals surface area contributed by atoms with Crippen molar-refractivity contribution in [3.63, 3.8) is 0 Å². The fourth-order valence-corrected chi connectivity index (χ4v) is 2.65. The number of aromatic amines is 1. The Balaban J connectivity index is 1.84. The highest BCUT2D eigenvalue weighted by Gasteiger charge is 2.17. The topological polar surface area (TPSA) is 40.7 Å². The van der Waals surface area contributed by atoms with Crippen LogP contribution >= 0.6 is 11.6 Å². The van der Waals surface area contributed by atoms with E-state index in [1.807, 2.05) is 30.5 Å². The largest absolute Gasteiger partial charge is 0.314 e. The molecule has 1 saturated heterocycles. The SMILES string of the molecule is Clc1ccc(-c2cn[nH]c2CC2CCCN2)cc1. The molecule has 0 saturated carbocycles. The molecule has 1 fully saturated rings. The van der Waals surface area contributed by atoms with Crippen LogP contribution in [0.15, 0.2) is 30.5 Å². The van der Waals surface area contributed by atoms with E-state index in [2.05, 4.69) is 15.5 Å². The molecule has 0 bridgehead atoms. The Hall–Kier alpha value is -1.32. The van der Waals surface area contributed by atoms with Gasteiger partial charge < -0.3 is 5.32 Å². The first-order chi connectivity index (χ1) is 8.83. The molecule has 0 amide bonds. The van der Waals surface area contributed by atoms with Crippen LogP contribution in [-0.4, -0.2) is 22.8 Å². The van der Waals surface area contributed by atoms with Crippen molar-refractivity contribution in [3.8, 4) is 11.1 Å². The zero-order chi connectivity index (χ0) is 12.4. The molecule has 0 aliphatic carbocycles. The Labute approximate surface area is 112 Å². The van der Waals surface area contributed by atoms with Gasteiger partial charge in [0.15, 0.2) is 0 Å². The van der Waals surface area contributed by atoms with E-state index in [1.165, 1.54) is 29.7 Å². The molecule has 1 atom stereocenters. The molecule has 0 radical (unpaired) electrons. The zero-order valence-corrected chi connectivity index (χ0v) is 10.9. The minimum Gasteiger partial charge on any atom is -0.314 e. The van der Waals surface area contributed by atoms with Crippen molar-refractivity contribution in [2.45, 2.75) is 25.3 Å². The summed E-state index contributed by atoms with van der Waals surface area (Å²) in [6.07, 6.45) is 5.43. The minimum atomic E-state index is 0.580. The van der Waals surface area contributed by atoms with Gasteiger partial charge in [0.1, 0.15) is 0 Å². The highest BCUT2D eigenvalue weighted by Crippen LogP contribution is 2.25. The lowest BCUT2D eigenvalue weighted by atomic mass is 10.0. The van der Waals surface area contributed by atoms with Crippen LogP contribution in [0.2, 0.25) is 5.02 Å². The molecule has 18 heavy (non-hydrogen) atoms. The lowest BCUT2D eigenvalue weighted by Crippen LogP contribution is -2.24. The molecule has 3 rings (SSSR count). The Morgan fingerprint density at radius 1 is 1.28 bits per heavy atom. The predicted octanol–water partition coefficient (Wildman–Crippen LogP) is 3.02. The van der Waals surface area contributed by atoms with Crippen molar-refractivity contribution < 1.29 is 0 Å². The number of nitrogens with one attached hydrogen (secondary N) is 2. The minimum absolute atomic E-state index is 0.580. The molecule has 3 nitrogen and oxygen atoms in total. The van der Waals surface area contributed by atoms with Crippen LogP contribution in [0.3, 0.4) is 0 Å². The molecule has 1 aromatic carbocycles. The van der Waals surface area contributed by atoms with Crippen molar-refractivity contribution >= 4 is 11.6 Å². The average Bonchev–Trinajstić information content (AvgIpc) is 3.02. The fraction of sp³-hybridized carbons (Fsp3) is 0.357. The maximum atomic E-state index is 5.92. The van der Waals surface area contributed by atoms with E-state index in [-0.39, 0.29) is 0 Å². The summed E-state index contributed by atoms with van der Waals surface area (Å²) in [7, 11) is 0. The van der Waals surface area contributed by atoms with Crippen molar-refractivity contribution in [3.05, 3.63) is 41.2 Å². The highest BCUT2D eigenvalue weighted by atomic mass is 35.5. The number of halogens is 1. The van der Waals surface area contributed by atoms with E-state index >= 15 is 0 Å². The van der Waals surface area contributed by atoms with E-state index in [0.29, 0.717) is 6.04 Å². The van der Waals surface area contributed by atoms with Gasteiger partial charge in [-0.2, -0.15) is 5.10 Å². The second-order valence-corrected chi connectivity index (χ2v) is 5.20. The number of H-pyrrole nitrogens is 1. The summed E-state index contributed by atoms with van der Waals surface area (Å²) < 4.78 is 0. The summed E-state index contributed by atoms with van der Waals surface area (Å²) in [5.74, 6) is 0. The van der Waals surface area contributed by atoms with Crippen LogP contribution in [0.1, 0.15) is 18.5 Å². The lowest BCUT2D eigenvalue weighted by Gasteiger charge is -2.10. The van der Waals surface area contributed by atoms with Gasteiger partial charge in [0.2, 0.25) is 0 Å². The van der Waals surface area contributed by atoms with Crippen molar-refractivity contribution in [2.75, 3.05) is 6.54 Å². The van der Waals surface area contributed by atoms with Crippen LogP contribution in [-0.2, 0) is 6.42 Å². The van der Waals surface area contributed by atoms with Crippen LogP contribution in [0.25, 0.3) is 11.1 Å². The summed E-state index contributed by atoms with van der Waals surface area (Å²) in [6.45, 7) is 1.13. The number of hydrogen-bond donors (Lipinski definition) is 2. The van der Waals surface area contributed by atoms with Gasteiger partial charge in [0.25, 0.3) is 0 Å².